The van der Waals surface area contributed by atoms with Crippen molar-refractivity contribution < 1.29 is 63.7 Å². The van der Waals surface area contributed by atoms with Crippen LogP contribution in [0.4, 0.5) is 4.79 Å². The lowest BCUT2D eigenvalue weighted by Gasteiger charge is -2.66. The van der Waals surface area contributed by atoms with Gasteiger partial charge in [-0.25, -0.2) is 14.4 Å². The third-order valence-corrected chi connectivity index (χ3v) is 12.2. The van der Waals surface area contributed by atoms with E-state index < -0.39 is 101 Å². The van der Waals surface area contributed by atoms with Gasteiger partial charge in [-0.05, 0) is 55.9 Å². The number of nitrogens with one attached hydrogen (secondary N) is 1. The van der Waals surface area contributed by atoms with E-state index in [1.807, 2.05) is 0 Å². The summed E-state index contributed by atoms with van der Waals surface area (Å²) in [6.07, 6.45) is -8.26. The van der Waals surface area contributed by atoms with Crippen LogP contribution in [0.3, 0.4) is 0 Å². The number of ketones is 1. The molecule has 3 saturated carbocycles. The molecule has 14 heteroatoms. The summed E-state index contributed by atoms with van der Waals surface area (Å²) in [7, 11) is 0. The normalized spacial score (nSPS) is 37.9. The van der Waals surface area contributed by atoms with Crippen molar-refractivity contribution in [2.24, 2.45) is 22.7 Å². The highest BCUT2D eigenvalue weighted by Crippen LogP contribution is 2.63. The van der Waals surface area contributed by atoms with Crippen molar-refractivity contribution in [3.8, 4) is 0 Å². The van der Waals surface area contributed by atoms with E-state index in [9.17, 15) is 44.7 Å². The first-order chi connectivity index (χ1) is 23.9. The van der Waals surface area contributed by atoms with Crippen molar-refractivity contribution in [1.82, 2.24) is 5.32 Å². The number of alkyl carbamates (subject to hydrolysis) is 1. The largest absolute Gasteiger partial charge is 0.456 e. The molecule has 4 aliphatic carbocycles. The highest BCUT2D eigenvalue weighted by molar-refractivity contribution is 5.94. The molecule has 1 aliphatic heterocycles. The molecule has 11 atom stereocenters. The Morgan fingerprint density at radius 2 is 1.76 bits per heavy atom. The van der Waals surface area contributed by atoms with Gasteiger partial charge in [0.05, 0.1) is 35.8 Å². The molecule has 1 saturated heterocycles. The van der Waals surface area contributed by atoms with Crippen LogP contribution in [0.15, 0.2) is 54.1 Å². The van der Waals surface area contributed by atoms with Crippen molar-refractivity contribution in [3.05, 3.63) is 59.7 Å². The minimum absolute atomic E-state index is 0.0231. The van der Waals surface area contributed by atoms with E-state index >= 15 is 0 Å². The van der Waals surface area contributed by atoms with Crippen molar-refractivity contribution in [1.29, 1.82) is 0 Å². The van der Waals surface area contributed by atoms with E-state index in [1.54, 1.807) is 32.0 Å². The zero-order valence-electron chi connectivity index (χ0n) is 29.1. The molecule has 6 N–H and O–H groups in total. The average molecular weight is 714 g/mol. The van der Waals surface area contributed by atoms with Crippen LogP contribution in [0.5, 0.6) is 0 Å². The van der Waals surface area contributed by atoms with Gasteiger partial charge in [-0.3, -0.25) is 4.79 Å². The number of amides is 1. The Hall–Kier alpha value is -3.66. The number of benzene rings is 1. The Bertz CT molecular complexity index is 1620. The number of aliphatic hydroxyl groups excluding tert-OH is 3. The standard InChI is InChI=1S/C37H47NO13/c1-6-14-48-33(45)38-25(19-12-13-19)27(41)32(44)50-21-16-37(47)30(51-31(43)20-10-8-7-9-11-20)28-35(5,22(39)15-23-36(28,46)17-49-23)29(42)26(40)24(18(21)2)34(37,3)4/h6-11,19,21-23,25-28,30,39-41,46-47H,1,12-17H2,2-5H3,(H,38,45)/t21?,22-,23+,25-,26+,27+,28-,30-,35+,36-,37+/m0/s1. The zero-order chi connectivity index (χ0) is 37.3. The smallest absolute Gasteiger partial charge is 0.407 e. The monoisotopic (exact) mass is 713 g/mol. The van der Waals surface area contributed by atoms with Crippen LogP contribution in [0, 0.1) is 22.7 Å². The summed E-state index contributed by atoms with van der Waals surface area (Å²) in [4.78, 5) is 54.4. The van der Waals surface area contributed by atoms with Crippen LogP contribution in [0.1, 0.15) is 63.7 Å². The molecule has 0 radical (unpaired) electrons. The lowest BCUT2D eigenvalue weighted by Crippen LogP contribution is -2.81. The summed E-state index contributed by atoms with van der Waals surface area (Å²) in [6, 6.07) is 6.84. The van der Waals surface area contributed by atoms with Crippen molar-refractivity contribution in [2.75, 3.05) is 13.2 Å². The number of hydrogen-bond acceptors (Lipinski definition) is 13. The molecule has 6 rings (SSSR count). The van der Waals surface area contributed by atoms with Crippen LogP contribution in [-0.2, 0) is 28.5 Å². The number of aliphatic hydroxyl groups is 5. The minimum Gasteiger partial charge on any atom is -0.456 e. The van der Waals surface area contributed by atoms with Gasteiger partial charge in [0.15, 0.2) is 11.9 Å². The number of carbonyl (C=O) groups excluding carboxylic acids is 4. The molecule has 4 fully saturated rings. The van der Waals surface area contributed by atoms with Gasteiger partial charge in [-0.2, -0.15) is 0 Å². The van der Waals surface area contributed by atoms with E-state index in [0.29, 0.717) is 12.8 Å². The molecular weight excluding hydrogens is 666 g/mol. The summed E-state index contributed by atoms with van der Waals surface area (Å²) in [6.45, 7) is 9.11. The Labute approximate surface area is 295 Å². The van der Waals surface area contributed by atoms with Crippen molar-refractivity contribution in [3.63, 3.8) is 0 Å². The predicted octanol–water partition coefficient (Wildman–Crippen LogP) is 1.11. The molecule has 1 heterocycles. The SMILES string of the molecule is C=CCOC(=O)N[C@@H](C1CC1)[C@@H](O)C(=O)OC1C[C@@]2(O)[C@@H](OC(=O)c3ccccc3)[C@@H]3[C@]4(O)CO[C@@H]4C[C@H](O)[C@@]3(C)C(=O)[C@H](O)C(=C1C)C2(C)C. The van der Waals surface area contributed by atoms with Crippen LogP contribution in [0.25, 0.3) is 0 Å². The van der Waals surface area contributed by atoms with E-state index in [2.05, 4.69) is 11.9 Å². The fourth-order valence-electron chi connectivity index (χ4n) is 8.96. The van der Waals surface area contributed by atoms with E-state index in [1.165, 1.54) is 32.1 Å². The topological polar surface area (TPSA) is 218 Å². The number of esters is 2. The average Bonchev–Trinajstić information content (AvgIpc) is 3.94. The Morgan fingerprint density at radius 3 is 2.35 bits per heavy atom. The van der Waals surface area contributed by atoms with E-state index in [4.69, 9.17) is 18.9 Å². The molecule has 1 aromatic rings. The van der Waals surface area contributed by atoms with Gasteiger partial charge in [-0.15, -0.1) is 0 Å². The molecule has 1 aromatic carbocycles. The van der Waals surface area contributed by atoms with Gasteiger partial charge < -0.3 is 49.8 Å². The Kier molecular flexibility index (Phi) is 9.52. The maximum atomic E-state index is 14.6. The molecule has 1 amide bonds. The first-order valence-corrected chi connectivity index (χ1v) is 17.3. The van der Waals surface area contributed by atoms with Gasteiger partial charge in [0, 0.05) is 24.2 Å². The summed E-state index contributed by atoms with van der Waals surface area (Å²) in [5, 5.41) is 62.5. The molecule has 278 valence electrons. The van der Waals surface area contributed by atoms with Gasteiger partial charge in [0.1, 0.15) is 36.1 Å². The summed E-state index contributed by atoms with van der Waals surface area (Å²) in [5.41, 5.74) is -7.38. The van der Waals surface area contributed by atoms with E-state index in [0.717, 1.165) is 0 Å². The van der Waals surface area contributed by atoms with Crippen LogP contribution >= 0.6 is 0 Å². The van der Waals surface area contributed by atoms with Gasteiger partial charge in [0.2, 0.25) is 0 Å². The highest BCUT2D eigenvalue weighted by Gasteiger charge is 2.76. The van der Waals surface area contributed by atoms with Crippen molar-refractivity contribution >= 4 is 23.8 Å². The maximum absolute atomic E-state index is 14.6. The molecule has 5 aliphatic rings. The molecule has 1 unspecified atom stereocenters. The zero-order valence-corrected chi connectivity index (χ0v) is 29.1. The Morgan fingerprint density at radius 1 is 1.10 bits per heavy atom. The maximum Gasteiger partial charge on any atom is 0.407 e. The first kappa shape index (κ1) is 37.1. The summed E-state index contributed by atoms with van der Waals surface area (Å²) >= 11 is 0. The predicted molar refractivity (Wildman–Crippen MR) is 177 cm³/mol. The van der Waals surface area contributed by atoms with Gasteiger partial charge in [-0.1, -0.05) is 44.7 Å². The molecule has 14 nitrogen and oxygen atoms in total. The van der Waals surface area contributed by atoms with Gasteiger partial charge in [0.25, 0.3) is 0 Å². The second-order valence-corrected chi connectivity index (χ2v) is 15.4. The number of Topliss-reactive ketones (excluding diaryl/α,β-unsaturated/α-hetero) is 1. The third kappa shape index (κ3) is 5.80. The number of fused-ring (bicyclic) bond motifs is 5. The fraction of sp³-hybridized carbons (Fsp3) is 0.622. The summed E-state index contributed by atoms with van der Waals surface area (Å²) < 4.78 is 22.6. The number of rotatable bonds is 9. The molecule has 2 bridgehead atoms. The van der Waals surface area contributed by atoms with Crippen LogP contribution in [-0.4, -0.2) is 116 Å². The first-order valence-electron chi connectivity index (χ1n) is 17.3. The quantitative estimate of drug-likeness (QED) is 0.120. The fourth-order valence-corrected chi connectivity index (χ4v) is 8.96. The van der Waals surface area contributed by atoms with Gasteiger partial charge >= 0.3 is 18.0 Å². The lowest BCUT2D eigenvalue weighted by atomic mass is 9.44. The van der Waals surface area contributed by atoms with E-state index in [-0.39, 0.29) is 42.3 Å². The number of carbonyl (C=O) groups is 4. The van der Waals surface area contributed by atoms with Crippen LogP contribution in [0.2, 0.25) is 0 Å². The van der Waals surface area contributed by atoms with Crippen molar-refractivity contribution in [2.45, 2.75) is 107 Å². The van der Waals surface area contributed by atoms with Crippen LogP contribution < -0.4 is 5.32 Å². The second-order valence-electron chi connectivity index (χ2n) is 15.4. The lowest BCUT2D eigenvalue weighted by molar-refractivity contribution is -0.343. The molecule has 51 heavy (non-hydrogen) atoms. The number of ether oxygens (including phenoxy) is 4. The molecule has 0 aromatic heterocycles. The molecular formula is C37H47NO13. The third-order valence-electron chi connectivity index (χ3n) is 12.2. The minimum atomic E-state index is -2.27. The Balaban J connectivity index is 1.44. The number of hydrogen-bond donors (Lipinski definition) is 6. The highest BCUT2D eigenvalue weighted by atomic mass is 16.6. The second kappa shape index (κ2) is 13.1. The summed E-state index contributed by atoms with van der Waals surface area (Å²) in [5.74, 6) is -4.66. The molecule has 0 spiro atoms.